The van der Waals surface area contributed by atoms with Crippen LogP contribution in [0.1, 0.15) is 21.4 Å². The molecule has 0 aliphatic rings. The Balaban J connectivity index is 1.84. The van der Waals surface area contributed by atoms with Crippen LogP contribution < -0.4 is 5.32 Å². The molecule has 1 aromatic carbocycles. The highest BCUT2D eigenvalue weighted by atomic mass is 32.1. The fourth-order valence-electron chi connectivity index (χ4n) is 2.21. The largest absolute Gasteiger partial charge is 0.379 e. The summed E-state index contributed by atoms with van der Waals surface area (Å²) in [7, 11) is 0. The predicted molar refractivity (Wildman–Crippen MR) is 85.5 cm³/mol. The van der Waals surface area contributed by atoms with Gasteiger partial charge in [-0.25, -0.2) is 9.97 Å². The maximum Gasteiger partial charge on any atom is 0.183 e. The van der Waals surface area contributed by atoms with Crippen molar-refractivity contribution in [3.8, 4) is 11.4 Å². The molecule has 0 saturated heterocycles. The summed E-state index contributed by atoms with van der Waals surface area (Å²) >= 11 is 1.73. The molecule has 3 rings (SSSR count). The lowest BCUT2D eigenvalue weighted by Crippen LogP contribution is -2.01. The predicted octanol–water partition coefficient (Wildman–Crippen LogP) is 3.47. The zero-order valence-corrected chi connectivity index (χ0v) is 13.1. The summed E-state index contributed by atoms with van der Waals surface area (Å²) in [6.07, 6.45) is 0. The van der Waals surface area contributed by atoms with Gasteiger partial charge in [0.1, 0.15) is 5.82 Å². The normalized spacial score (nSPS) is 10.8. The first-order chi connectivity index (χ1) is 10.1. The molecular formula is C15H17N5S. The van der Waals surface area contributed by atoms with E-state index in [1.54, 1.807) is 11.3 Å². The highest BCUT2D eigenvalue weighted by Crippen LogP contribution is 2.26. The van der Waals surface area contributed by atoms with E-state index in [4.69, 9.17) is 0 Å². The van der Waals surface area contributed by atoms with Gasteiger partial charge < -0.3 is 5.32 Å². The molecule has 0 radical (unpaired) electrons. The molecule has 3 aromatic rings. The van der Waals surface area contributed by atoms with Crippen LogP contribution in [0.2, 0.25) is 0 Å². The van der Waals surface area contributed by atoms with Crippen molar-refractivity contribution in [2.24, 2.45) is 0 Å². The van der Waals surface area contributed by atoms with Gasteiger partial charge in [-0.2, -0.15) is 5.10 Å². The van der Waals surface area contributed by atoms with Crippen molar-refractivity contribution in [3.63, 3.8) is 0 Å². The summed E-state index contributed by atoms with van der Waals surface area (Å²) in [5, 5.41) is 11.7. The molecule has 6 heteroatoms. The molecule has 2 heterocycles. The Hall–Kier alpha value is -2.21. The lowest BCUT2D eigenvalue weighted by atomic mass is 10.1. The number of thiazole rings is 1. The molecule has 0 fully saturated rings. The van der Waals surface area contributed by atoms with E-state index in [9.17, 15) is 0 Å². The molecule has 0 aliphatic heterocycles. The van der Waals surface area contributed by atoms with Gasteiger partial charge in [-0.15, -0.1) is 11.3 Å². The molecule has 21 heavy (non-hydrogen) atoms. The van der Waals surface area contributed by atoms with Gasteiger partial charge in [0, 0.05) is 16.1 Å². The third-order valence-electron chi connectivity index (χ3n) is 3.20. The van der Waals surface area contributed by atoms with Crippen LogP contribution in [-0.2, 0) is 6.54 Å². The Morgan fingerprint density at radius 3 is 2.62 bits per heavy atom. The Bertz CT molecular complexity index is 759. The molecule has 0 bridgehead atoms. The minimum atomic E-state index is 0.716. The number of aromatic amines is 1. The number of nitrogens with one attached hydrogen (secondary N) is 2. The van der Waals surface area contributed by atoms with Gasteiger partial charge in [0.25, 0.3) is 0 Å². The van der Waals surface area contributed by atoms with Gasteiger partial charge in [0.05, 0.1) is 17.2 Å². The minimum Gasteiger partial charge on any atom is -0.379 e. The maximum absolute atomic E-state index is 4.46. The van der Waals surface area contributed by atoms with Crippen LogP contribution in [0.25, 0.3) is 11.4 Å². The summed E-state index contributed by atoms with van der Waals surface area (Å²) in [6.45, 7) is 6.74. The summed E-state index contributed by atoms with van der Waals surface area (Å²) in [4.78, 5) is 10.1. The summed E-state index contributed by atoms with van der Waals surface area (Å²) in [5.41, 5.74) is 3.12. The van der Waals surface area contributed by atoms with Crippen molar-refractivity contribution in [3.05, 3.63) is 45.7 Å². The van der Waals surface area contributed by atoms with Crippen molar-refractivity contribution in [2.45, 2.75) is 27.3 Å². The summed E-state index contributed by atoms with van der Waals surface area (Å²) < 4.78 is 0. The number of benzene rings is 1. The van der Waals surface area contributed by atoms with Crippen LogP contribution in [0.15, 0.2) is 24.3 Å². The van der Waals surface area contributed by atoms with Gasteiger partial charge in [-0.3, -0.25) is 5.10 Å². The van der Waals surface area contributed by atoms with E-state index in [2.05, 4.69) is 25.5 Å². The molecule has 0 aliphatic carbocycles. The van der Waals surface area contributed by atoms with E-state index in [1.807, 2.05) is 45.0 Å². The molecule has 0 atom stereocenters. The molecular weight excluding hydrogens is 282 g/mol. The van der Waals surface area contributed by atoms with Gasteiger partial charge in [0.2, 0.25) is 0 Å². The number of para-hydroxylation sites is 1. The van der Waals surface area contributed by atoms with E-state index in [1.165, 1.54) is 4.88 Å². The fourth-order valence-corrected chi connectivity index (χ4v) is 3.09. The van der Waals surface area contributed by atoms with Crippen LogP contribution >= 0.6 is 11.3 Å². The van der Waals surface area contributed by atoms with Crippen LogP contribution in [0.4, 0.5) is 5.69 Å². The minimum absolute atomic E-state index is 0.716. The van der Waals surface area contributed by atoms with Crippen LogP contribution in [0.5, 0.6) is 0 Å². The highest BCUT2D eigenvalue weighted by molar-refractivity contribution is 7.11. The topological polar surface area (TPSA) is 66.5 Å². The maximum atomic E-state index is 4.46. The number of aryl methyl sites for hydroxylation is 3. The first kappa shape index (κ1) is 13.8. The number of hydrogen-bond acceptors (Lipinski definition) is 5. The van der Waals surface area contributed by atoms with Gasteiger partial charge in [0.15, 0.2) is 5.82 Å². The van der Waals surface area contributed by atoms with Crippen molar-refractivity contribution in [2.75, 3.05) is 5.32 Å². The molecule has 0 unspecified atom stereocenters. The van der Waals surface area contributed by atoms with Gasteiger partial charge in [-0.1, -0.05) is 12.1 Å². The number of aromatic nitrogens is 4. The van der Waals surface area contributed by atoms with Crippen molar-refractivity contribution in [1.82, 2.24) is 20.2 Å². The fraction of sp³-hybridized carbons (Fsp3) is 0.267. The Kier molecular flexibility index (Phi) is 3.70. The van der Waals surface area contributed by atoms with E-state index in [-0.39, 0.29) is 0 Å². The van der Waals surface area contributed by atoms with Crippen LogP contribution in [0, 0.1) is 20.8 Å². The van der Waals surface area contributed by atoms with Crippen molar-refractivity contribution >= 4 is 17.0 Å². The highest BCUT2D eigenvalue weighted by Gasteiger charge is 2.10. The molecule has 2 N–H and O–H groups in total. The molecule has 0 spiro atoms. The third-order valence-corrected chi connectivity index (χ3v) is 4.28. The first-order valence-electron chi connectivity index (χ1n) is 6.78. The summed E-state index contributed by atoms with van der Waals surface area (Å²) in [5.74, 6) is 1.53. The first-order valence-corrected chi connectivity index (χ1v) is 7.60. The van der Waals surface area contributed by atoms with Crippen molar-refractivity contribution < 1.29 is 0 Å². The second-order valence-electron chi connectivity index (χ2n) is 4.89. The molecule has 2 aromatic heterocycles. The second kappa shape index (κ2) is 5.65. The molecule has 0 amide bonds. The SMILES string of the molecule is Cc1nc(-c2ccccc2NCc2sc(C)nc2C)n[nH]1. The summed E-state index contributed by atoms with van der Waals surface area (Å²) in [6, 6.07) is 8.07. The van der Waals surface area contributed by atoms with E-state index in [0.717, 1.165) is 34.3 Å². The quantitative estimate of drug-likeness (QED) is 0.774. The number of rotatable bonds is 4. The zero-order chi connectivity index (χ0) is 14.8. The Morgan fingerprint density at radius 1 is 1.14 bits per heavy atom. The Labute approximate surface area is 127 Å². The number of nitrogens with zero attached hydrogens (tertiary/aromatic N) is 3. The second-order valence-corrected chi connectivity index (χ2v) is 6.17. The average molecular weight is 299 g/mol. The van der Waals surface area contributed by atoms with Gasteiger partial charge in [-0.05, 0) is 32.9 Å². The molecule has 0 saturated carbocycles. The number of H-pyrrole nitrogens is 1. The van der Waals surface area contributed by atoms with Gasteiger partial charge >= 0.3 is 0 Å². The molecule has 5 nitrogen and oxygen atoms in total. The Morgan fingerprint density at radius 2 is 1.95 bits per heavy atom. The van der Waals surface area contributed by atoms with E-state index >= 15 is 0 Å². The smallest absolute Gasteiger partial charge is 0.183 e. The van der Waals surface area contributed by atoms with E-state index in [0.29, 0.717) is 5.82 Å². The molecule has 108 valence electrons. The standard InChI is InChI=1S/C15H17N5S/c1-9-14(21-11(3)17-9)8-16-13-7-5-4-6-12(13)15-18-10(2)19-20-15/h4-7,16H,8H2,1-3H3,(H,18,19,20). The van der Waals surface area contributed by atoms with E-state index < -0.39 is 0 Å². The number of anilines is 1. The zero-order valence-electron chi connectivity index (χ0n) is 12.3. The van der Waals surface area contributed by atoms with Crippen LogP contribution in [0.3, 0.4) is 0 Å². The van der Waals surface area contributed by atoms with Crippen LogP contribution in [-0.4, -0.2) is 20.2 Å². The lowest BCUT2D eigenvalue weighted by molar-refractivity contribution is 1.04. The monoisotopic (exact) mass is 299 g/mol. The third kappa shape index (κ3) is 2.95. The average Bonchev–Trinajstić information content (AvgIpc) is 3.02. The lowest BCUT2D eigenvalue weighted by Gasteiger charge is -2.09. The van der Waals surface area contributed by atoms with Crippen molar-refractivity contribution in [1.29, 1.82) is 0 Å². The number of hydrogen-bond donors (Lipinski definition) is 2.